The van der Waals surface area contributed by atoms with Crippen molar-refractivity contribution in [2.75, 3.05) is 4.72 Å². The van der Waals surface area contributed by atoms with Gasteiger partial charge in [0.05, 0.1) is 23.0 Å². The minimum Gasteiger partial charge on any atom is -0.278 e. The summed E-state index contributed by atoms with van der Waals surface area (Å²) in [5.74, 6) is 0. The van der Waals surface area contributed by atoms with Crippen LogP contribution >= 0.6 is 23.2 Å². The Kier molecular flexibility index (Phi) is 4.42. The van der Waals surface area contributed by atoms with Gasteiger partial charge in [-0.3, -0.25) is 4.72 Å². The fraction of sp³-hybridized carbons (Fsp3) is 0.200. The number of hydrogen-bond acceptors (Lipinski definition) is 4. The van der Waals surface area contributed by atoms with Crippen molar-refractivity contribution in [2.45, 2.75) is 24.8 Å². The van der Waals surface area contributed by atoms with Crippen LogP contribution in [0.5, 0.6) is 0 Å². The highest BCUT2D eigenvalue weighted by atomic mass is 35.5. The fourth-order valence-electron chi connectivity index (χ4n) is 2.27. The molecule has 1 aromatic carbocycles. The minimum absolute atomic E-state index is 0.0158. The third kappa shape index (κ3) is 3.33. The number of rotatable bonds is 4. The summed E-state index contributed by atoms with van der Waals surface area (Å²) in [6.45, 7) is 3.99. The van der Waals surface area contributed by atoms with Gasteiger partial charge in [0.25, 0.3) is 10.0 Å². The number of nitrogens with zero attached hydrogens (tertiary/aromatic N) is 3. The average Bonchev–Trinajstić information content (AvgIpc) is 2.89. The fourth-order valence-corrected chi connectivity index (χ4v) is 4.03. The van der Waals surface area contributed by atoms with E-state index in [0.29, 0.717) is 11.3 Å². The summed E-state index contributed by atoms with van der Waals surface area (Å²) >= 11 is 11.7. The van der Waals surface area contributed by atoms with E-state index in [1.807, 2.05) is 13.8 Å². The maximum absolute atomic E-state index is 12.5. The normalized spacial score (nSPS) is 12.0. The van der Waals surface area contributed by atoms with Crippen LogP contribution in [0.1, 0.15) is 19.9 Å². The van der Waals surface area contributed by atoms with Gasteiger partial charge in [-0.2, -0.15) is 5.10 Å². The first-order chi connectivity index (χ1) is 11.3. The van der Waals surface area contributed by atoms with Gasteiger partial charge in [-0.05, 0) is 38.1 Å². The molecule has 9 heteroatoms. The number of anilines is 1. The molecular weight excluding hydrogens is 371 g/mol. The van der Waals surface area contributed by atoms with E-state index in [-0.39, 0.29) is 21.0 Å². The van der Waals surface area contributed by atoms with Gasteiger partial charge in [0.15, 0.2) is 5.65 Å². The van der Waals surface area contributed by atoms with Crippen molar-refractivity contribution >= 4 is 49.9 Å². The molecule has 126 valence electrons. The molecule has 2 aromatic heterocycles. The molecule has 0 aliphatic rings. The summed E-state index contributed by atoms with van der Waals surface area (Å²) in [5.41, 5.74) is 1.03. The van der Waals surface area contributed by atoms with Crippen LogP contribution in [0, 0.1) is 0 Å². The summed E-state index contributed by atoms with van der Waals surface area (Å²) in [6.07, 6.45) is 3.10. The van der Waals surface area contributed by atoms with Crippen molar-refractivity contribution in [3.63, 3.8) is 0 Å². The topological polar surface area (TPSA) is 76.9 Å². The average molecular weight is 385 g/mol. The Morgan fingerprint density at radius 1 is 1.08 bits per heavy atom. The zero-order valence-corrected chi connectivity index (χ0v) is 15.2. The summed E-state index contributed by atoms with van der Waals surface area (Å²) in [6, 6.07) is 5.97. The van der Waals surface area contributed by atoms with Crippen LogP contribution in [0.4, 0.5) is 5.69 Å². The van der Waals surface area contributed by atoms with Gasteiger partial charge >= 0.3 is 0 Å². The first-order valence-corrected chi connectivity index (χ1v) is 9.32. The lowest BCUT2D eigenvalue weighted by molar-refractivity contribution is 0.546. The predicted molar refractivity (Wildman–Crippen MR) is 95.2 cm³/mol. The molecule has 0 spiro atoms. The molecule has 0 fully saturated rings. The second kappa shape index (κ2) is 6.23. The Morgan fingerprint density at radius 2 is 1.75 bits per heavy atom. The largest absolute Gasteiger partial charge is 0.278 e. The molecule has 0 bridgehead atoms. The molecule has 0 aliphatic heterocycles. The number of benzene rings is 1. The molecule has 24 heavy (non-hydrogen) atoms. The van der Waals surface area contributed by atoms with Crippen LogP contribution in [0.2, 0.25) is 10.0 Å². The quantitative estimate of drug-likeness (QED) is 0.733. The zero-order valence-electron chi connectivity index (χ0n) is 12.9. The Balaban J connectivity index is 1.96. The number of hydrogen-bond donors (Lipinski definition) is 1. The van der Waals surface area contributed by atoms with Crippen LogP contribution in [0.25, 0.3) is 11.0 Å². The van der Waals surface area contributed by atoms with E-state index in [0.717, 1.165) is 5.39 Å². The van der Waals surface area contributed by atoms with Crippen LogP contribution in [-0.2, 0) is 10.0 Å². The number of aromatic nitrogens is 3. The molecule has 3 rings (SSSR count). The van der Waals surface area contributed by atoms with Crippen LogP contribution < -0.4 is 4.72 Å². The van der Waals surface area contributed by atoms with Crippen molar-refractivity contribution in [3.8, 4) is 0 Å². The highest BCUT2D eigenvalue weighted by Crippen LogP contribution is 2.25. The third-order valence-electron chi connectivity index (χ3n) is 3.32. The van der Waals surface area contributed by atoms with E-state index < -0.39 is 10.0 Å². The number of halogens is 2. The van der Waals surface area contributed by atoms with Gasteiger partial charge in [0.1, 0.15) is 0 Å². The number of nitrogens with one attached hydrogen (secondary N) is 1. The lowest BCUT2D eigenvalue weighted by atomic mass is 10.3. The summed E-state index contributed by atoms with van der Waals surface area (Å²) in [5, 5.41) is 5.49. The molecule has 3 aromatic rings. The van der Waals surface area contributed by atoms with Crippen molar-refractivity contribution in [1.29, 1.82) is 0 Å². The standard InChI is InChI=1S/C15H14Cl2N4O2S/c1-9(2)21-15-10(7-19-21)3-13(8-18-15)20-24(22,23)14-5-11(16)4-12(17)6-14/h3-9,20H,1-2H3. The van der Waals surface area contributed by atoms with E-state index in [4.69, 9.17) is 23.2 Å². The lowest BCUT2D eigenvalue weighted by Crippen LogP contribution is -2.13. The van der Waals surface area contributed by atoms with Crippen LogP contribution in [0.3, 0.4) is 0 Å². The molecule has 0 amide bonds. The van der Waals surface area contributed by atoms with Crippen LogP contribution in [0.15, 0.2) is 41.6 Å². The molecular formula is C15H14Cl2N4O2S. The highest BCUT2D eigenvalue weighted by Gasteiger charge is 2.17. The van der Waals surface area contributed by atoms with Gasteiger partial charge in [-0.1, -0.05) is 23.2 Å². The maximum atomic E-state index is 12.5. The molecule has 0 saturated heterocycles. The number of fused-ring (bicyclic) bond motifs is 1. The molecule has 2 heterocycles. The zero-order chi connectivity index (χ0) is 17.5. The molecule has 0 unspecified atom stereocenters. The van der Waals surface area contributed by atoms with E-state index in [9.17, 15) is 8.42 Å². The van der Waals surface area contributed by atoms with Crippen molar-refractivity contribution < 1.29 is 8.42 Å². The second-order valence-electron chi connectivity index (χ2n) is 5.53. The van der Waals surface area contributed by atoms with Crippen LogP contribution in [-0.4, -0.2) is 23.2 Å². The SMILES string of the molecule is CC(C)n1ncc2cc(NS(=O)(=O)c3cc(Cl)cc(Cl)c3)cnc21. The summed E-state index contributed by atoms with van der Waals surface area (Å²) in [4.78, 5) is 4.28. The Hall–Kier alpha value is -1.83. The molecule has 0 aliphatic carbocycles. The highest BCUT2D eigenvalue weighted by molar-refractivity contribution is 7.92. The van der Waals surface area contributed by atoms with E-state index in [1.165, 1.54) is 24.4 Å². The summed E-state index contributed by atoms with van der Waals surface area (Å²) in [7, 11) is -3.82. The maximum Gasteiger partial charge on any atom is 0.262 e. The third-order valence-corrected chi connectivity index (χ3v) is 5.12. The first-order valence-electron chi connectivity index (χ1n) is 7.08. The Labute approximate surface area is 149 Å². The van der Waals surface area contributed by atoms with E-state index in [2.05, 4.69) is 14.8 Å². The van der Waals surface area contributed by atoms with Crippen molar-refractivity contribution in [2.24, 2.45) is 0 Å². The minimum atomic E-state index is -3.82. The first kappa shape index (κ1) is 17.0. The van der Waals surface area contributed by atoms with Crippen molar-refractivity contribution in [1.82, 2.24) is 14.8 Å². The van der Waals surface area contributed by atoms with Gasteiger partial charge in [-0.25, -0.2) is 18.1 Å². The Morgan fingerprint density at radius 3 is 2.38 bits per heavy atom. The number of sulfonamides is 1. The van der Waals surface area contributed by atoms with E-state index >= 15 is 0 Å². The molecule has 0 radical (unpaired) electrons. The molecule has 6 nitrogen and oxygen atoms in total. The van der Waals surface area contributed by atoms with Gasteiger partial charge in [0, 0.05) is 21.5 Å². The van der Waals surface area contributed by atoms with E-state index in [1.54, 1.807) is 16.9 Å². The van der Waals surface area contributed by atoms with Gasteiger partial charge in [0.2, 0.25) is 0 Å². The predicted octanol–water partition coefficient (Wildman–Crippen LogP) is 4.12. The van der Waals surface area contributed by atoms with Crippen molar-refractivity contribution in [3.05, 3.63) is 46.7 Å². The molecule has 1 N–H and O–H groups in total. The molecule has 0 saturated carbocycles. The molecule has 0 atom stereocenters. The van der Waals surface area contributed by atoms with Gasteiger partial charge in [-0.15, -0.1) is 0 Å². The lowest BCUT2D eigenvalue weighted by Gasteiger charge is -2.10. The Bertz CT molecular complexity index is 995. The summed E-state index contributed by atoms with van der Waals surface area (Å²) < 4.78 is 29.2. The smallest absolute Gasteiger partial charge is 0.262 e. The number of pyridine rings is 1. The second-order valence-corrected chi connectivity index (χ2v) is 8.09. The van der Waals surface area contributed by atoms with Gasteiger partial charge < -0.3 is 0 Å². The monoisotopic (exact) mass is 384 g/mol.